The molecule has 0 unspecified atom stereocenters. The minimum atomic E-state index is 0.255. The number of ether oxygens (including phenoxy) is 1. The number of hydrazone groups is 1. The van der Waals surface area contributed by atoms with Gasteiger partial charge in [-0.15, -0.1) is 11.3 Å². The second-order valence-corrected chi connectivity index (χ2v) is 6.17. The van der Waals surface area contributed by atoms with Crippen LogP contribution in [0.1, 0.15) is 10.6 Å². The zero-order valence-corrected chi connectivity index (χ0v) is 14.7. The molecule has 1 heterocycles. The largest absolute Gasteiger partial charge is 0.497 e. The molecule has 25 heavy (non-hydrogen) atoms. The molecule has 0 fully saturated rings. The highest BCUT2D eigenvalue weighted by atomic mass is 32.1. The van der Waals surface area contributed by atoms with Gasteiger partial charge >= 0.3 is 0 Å². The second-order valence-electron chi connectivity index (χ2n) is 5.32. The molecule has 1 aromatic heterocycles. The standard InChI is InChI=1S/C19H16N4OS/c1-13-3-7-15(8-4-13)22-23-17(11-20)19-21-18(12-25-19)14-5-9-16(24-2)10-6-14/h3-10,12,22H,1-2H3/b23-17+. The van der Waals surface area contributed by atoms with Crippen LogP contribution in [0.5, 0.6) is 5.75 Å². The number of thiazole rings is 1. The molecule has 3 aromatic rings. The van der Waals surface area contributed by atoms with Crippen molar-refractivity contribution < 1.29 is 4.74 Å². The molecule has 1 N–H and O–H groups in total. The predicted octanol–water partition coefficient (Wildman–Crippen LogP) is 4.47. The van der Waals surface area contributed by atoms with Gasteiger partial charge in [0, 0.05) is 10.9 Å². The van der Waals surface area contributed by atoms with Gasteiger partial charge in [-0.25, -0.2) is 4.98 Å². The fraction of sp³-hybridized carbons (Fsp3) is 0.105. The number of methoxy groups -OCH3 is 1. The van der Waals surface area contributed by atoms with Crippen LogP contribution in [-0.4, -0.2) is 17.8 Å². The Bertz CT molecular complexity index is 921. The topological polar surface area (TPSA) is 70.3 Å². The molecule has 6 heteroatoms. The van der Waals surface area contributed by atoms with Crippen LogP contribution in [-0.2, 0) is 0 Å². The Balaban J connectivity index is 1.79. The predicted molar refractivity (Wildman–Crippen MR) is 101 cm³/mol. The molecular weight excluding hydrogens is 332 g/mol. The third-order valence-corrected chi connectivity index (χ3v) is 4.40. The fourth-order valence-electron chi connectivity index (χ4n) is 2.15. The van der Waals surface area contributed by atoms with E-state index in [4.69, 9.17) is 4.74 Å². The Labute approximate surface area is 150 Å². The van der Waals surface area contributed by atoms with Gasteiger partial charge in [-0.05, 0) is 43.3 Å². The van der Waals surface area contributed by atoms with Crippen LogP contribution >= 0.6 is 11.3 Å². The van der Waals surface area contributed by atoms with E-state index in [0.29, 0.717) is 5.01 Å². The third-order valence-electron chi connectivity index (χ3n) is 3.55. The van der Waals surface area contributed by atoms with Gasteiger partial charge in [0.2, 0.25) is 0 Å². The Hall–Kier alpha value is -3.17. The molecule has 0 atom stereocenters. The van der Waals surface area contributed by atoms with E-state index in [9.17, 15) is 5.26 Å². The van der Waals surface area contributed by atoms with Crippen molar-refractivity contribution in [3.63, 3.8) is 0 Å². The molecule has 0 bridgehead atoms. The van der Waals surface area contributed by atoms with Crippen molar-refractivity contribution in [3.8, 4) is 23.1 Å². The van der Waals surface area contributed by atoms with Gasteiger partial charge in [-0.3, -0.25) is 5.43 Å². The first-order valence-electron chi connectivity index (χ1n) is 7.60. The van der Waals surface area contributed by atoms with Gasteiger partial charge in [-0.2, -0.15) is 10.4 Å². The lowest BCUT2D eigenvalue weighted by Crippen LogP contribution is -2.01. The van der Waals surface area contributed by atoms with E-state index in [-0.39, 0.29) is 5.71 Å². The van der Waals surface area contributed by atoms with Crippen LogP contribution in [0.15, 0.2) is 59.0 Å². The summed E-state index contributed by atoms with van der Waals surface area (Å²) in [5.74, 6) is 0.792. The number of benzene rings is 2. The SMILES string of the molecule is COc1ccc(-c2csc(/C(C#N)=N/Nc3ccc(C)cc3)n2)cc1. The quantitative estimate of drug-likeness (QED) is 0.545. The number of aromatic nitrogens is 1. The minimum Gasteiger partial charge on any atom is -0.497 e. The first-order valence-corrected chi connectivity index (χ1v) is 8.48. The maximum atomic E-state index is 9.38. The van der Waals surface area contributed by atoms with Gasteiger partial charge in [0.25, 0.3) is 0 Å². The average molecular weight is 348 g/mol. The summed E-state index contributed by atoms with van der Waals surface area (Å²) in [6, 6.07) is 17.5. The number of nitriles is 1. The highest BCUT2D eigenvalue weighted by Crippen LogP contribution is 2.24. The fourth-order valence-corrected chi connectivity index (χ4v) is 2.91. The number of hydrogen-bond acceptors (Lipinski definition) is 6. The maximum absolute atomic E-state index is 9.38. The zero-order chi connectivity index (χ0) is 17.6. The summed E-state index contributed by atoms with van der Waals surface area (Å²) in [6.07, 6.45) is 0. The Morgan fingerprint density at radius 2 is 1.88 bits per heavy atom. The van der Waals surface area contributed by atoms with Crippen LogP contribution < -0.4 is 10.2 Å². The van der Waals surface area contributed by atoms with Gasteiger partial charge in [0.05, 0.1) is 18.5 Å². The summed E-state index contributed by atoms with van der Waals surface area (Å²) < 4.78 is 5.16. The number of hydrogen-bond donors (Lipinski definition) is 1. The molecular formula is C19H16N4OS. The van der Waals surface area contributed by atoms with E-state index >= 15 is 0 Å². The van der Waals surface area contributed by atoms with Gasteiger partial charge in [0.1, 0.15) is 11.8 Å². The lowest BCUT2D eigenvalue weighted by molar-refractivity contribution is 0.415. The summed E-state index contributed by atoms with van der Waals surface area (Å²) in [5, 5.41) is 16.0. The van der Waals surface area contributed by atoms with E-state index in [1.165, 1.54) is 16.9 Å². The van der Waals surface area contributed by atoms with Crippen LogP contribution in [0.3, 0.4) is 0 Å². The molecule has 0 spiro atoms. The number of nitrogens with zero attached hydrogens (tertiary/aromatic N) is 3. The van der Waals surface area contributed by atoms with E-state index in [0.717, 1.165) is 22.7 Å². The molecule has 0 saturated heterocycles. The van der Waals surface area contributed by atoms with Gasteiger partial charge in [-0.1, -0.05) is 17.7 Å². The van der Waals surface area contributed by atoms with Crippen molar-refractivity contribution in [1.29, 1.82) is 5.26 Å². The first kappa shape index (κ1) is 16.7. The van der Waals surface area contributed by atoms with Crippen molar-refractivity contribution >= 4 is 22.7 Å². The molecule has 0 aliphatic heterocycles. The van der Waals surface area contributed by atoms with Crippen LogP contribution in [0.2, 0.25) is 0 Å². The maximum Gasteiger partial charge on any atom is 0.196 e. The number of aryl methyl sites for hydroxylation is 1. The summed E-state index contributed by atoms with van der Waals surface area (Å²) >= 11 is 1.39. The monoisotopic (exact) mass is 348 g/mol. The molecule has 3 rings (SSSR count). The molecule has 0 saturated carbocycles. The number of rotatable bonds is 5. The molecule has 0 amide bonds. The third kappa shape index (κ3) is 4.03. The van der Waals surface area contributed by atoms with Crippen molar-refractivity contribution in [3.05, 3.63) is 64.5 Å². The lowest BCUT2D eigenvalue weighted by Gasteiger charge is -2.01. The van der Waals surface area contributed by atoms with Crippen LogP contribution in [0, 0.1) is 18.3 Å². The molecule has 0 aliphatic rings. The minimum absolute atomic E-state index is 0.255. The summed E-state index contributed by atoms with van der Waals surface area (Å²) in [7, 11) is 1.63. The van der Waals surface area contributed by atoms with E-state index in [1.807, 2.05) is 60.8 Å². The summed E-state index contributed by atoms with van der Waals surface area (Å²) in [5.41, 5.74) is 6.92. The zero-order valence-electron chi connectivity index (χ0n) is 13.9. The van der Waals surface area contributed by atoms with Crippen molar-refractivity contribution in [2.75, 3.05) is 12.5 Å². The van der Waals surface area contributed by atoms with E-state index < -0.39 is 0 Å². The molecule has 124 valence electrons. The number of anilines is 1. The van der Waals surface area contributed by atoms with Crippen molar-refractivity contribution in [1.82, 2.24) is 4.98 Å². The van der Waals surface area contributed by atoms with Gasteiger partial charge < -0.3 is 4.74 Å². The Morgan fingerprint density at radius 1 is 1.16 bits per heavy atom. The van der Waals surface area contributed by atoms with E-state index in [1.54, 1.807) is 7.11 Å². The Kier molecular flexibility index (Phi) is 5.07. The summed E-state index contributed by atoms with van der Waals surface area (Å²) in [6.45, 7) is 2.02. The highest BCUT2D eigenvalue weighted by molar-refractivity contribution is 7.12. The molecule has 0 aliphatic carbocycles. The first-order chi connectivity index (χ1) is 12.2. The second kappa shape index (κ2) is 7.60. The summed E-state index contributed by atoms with van der Waals surface area (Å²) in [4.78, 5) is 4.52. The normalized spacial score (nSPS) is 11.0. The van der Waals surface area contributed by atoms with Crippen molar-refractivity contribution in [2.45, 2.75) is 6.92 Å². The molecule has 2 aromatic carbocycles. The molecule has 5 nitrogen and oxygen atoms in total. The number of nitrogens with one attached hydrogen (secondary N) is 1. The average Bonchev–Trinajstić information content (AvgIpc) is 3.14. The lowest BCUT2D eigenvalue weighted by atomic mass is 10.2. The smallest absolute Gasteiger partial charge is 0.196 e. The molecule has 0 radical (unpaired) electrons. The Morgan fingerprint density at radius 3 is 2.52 bits per heavy atom. The van der Waals surface area contributed by atoms with Crippen molar-refractivity contribution in [2.24, 2.45) is 5.10 Å². The van der Waals surface area contributed by atoms with Crippen LogP contribution in [0.4, 0.5) is 5.69 Å². The van der Waals surface area contributed by atoms with Crippen LogP contribution in [0.25, 0.3) is 11.3 Å². The van der Waals surface area contributed by atoms with Gasteiger partial charge in [0.15, 0.2) is 10.7 Å². The van der Waals surface area contributed by atoms with E-state index in [2.05, 4.69) is 21.6 Å². The highest BCUT2D eigenvalue weighted by Gasteiger charge is 2.10.